The van der Waals surface area contributed by atoms with Crippen LogP contribution in [-0.4, -0.2) is 7.05 Å². The Morgan fingerprint density at radius 3 is 2.53 bits per heavy atom. The first-order chi connectivity index (χ1) is 8.13. The molecular weight excluding hydrogens is 292 g/mol. The van der Waals surface area contributed by atoms with Crippen molar-refractivity contribution in [2.24, 2.45) is 0 Å². The van der Waals surface area contributed by atoms with Gasteiger partial charge in [0.05, 0.1) is 12.3 Å². The van der Waals surface area contributed by atoms with Crippen molar-refractivity contribution in [1.82, 2.24) is 5.32 Å². The highest BCUT2D eigenvalue weighted by Gasteiger charge is 2.20. The van der Waals surface area contributed by atoms with Crippen LogP contribution in [0, 0.1) is 11.6 Å². The van der Waals surface area contributed by atoms with Crippen LogP contribution < -0.4 is 5.32 Å². The van der Waals surface area contributed by atoms with Gasteiger partial charge in [0.2, 0.25) is 0 Å². The maximum atomic E-state index is 13.7. The van der Waals surface area contributed by atoms with Crippen LogP contribution in [0.3, 0.4) is 0 Å². The molecule has 0 spiro atoms. The summed E-state index contributed by atoms with van der Waals surface area (Å²) in [6, 6.07) is 4.87. The summed E-state index contributed by atoms with van der Waals surface area (Å²) in [6.07, 6.45) is 1.51. The van der Waals surface area contributed by atoms with Crippen molar-refractivity contribution < 1.29 is 13.2 Å². The number of benzene rings is 1. The molecule has 1 aromatic heterocycles. The van der Waals surface area contributed by atoms with Crippen molar-refractivity contribution in [2.45, 2.75) is 6.04 Å². The molecular formula is C12H10BrF2NO. The van der Waals surface area contributed by atoms with Crippen LogP contribution in [0.25, 0.3) is 0 Å². The van der Waals surface area contributed by atoms with Gasteiger partial charge in [0, 0.05) is 17.2 Å². The Kier molecular flexibility index (Phi) is 3.59. The summed E-state index contributed by atoms with van der Waals surface area (Å²) in [5.41, 5.74) is 1.13. The third kappa shape index (κ3) is 2.40. The summed E-state index contributed by atoms with van der Waals surface area (Å²) in [7, 11) is 1.70. The highest BCUT2D eigenvalue weighted by molar-refractivity contribution is 9.10. The number of hydrogen-bond acceptors (Lipinski definition) is 2. The number of rotatable bonds is 3. The minimum absolute atomic E-state index is 0.371. The lowest BCUT2D eigenvalue weighted by Gasteiger charge is -2.16. The smallest absolute Gasteiger partial charge is 0.174 e. The Labute approximate surface area is 106 Å². The standard InChI is InChI=1S/C12H10BrF2NO/c1-16-11(9-4-5-17-12(9)13)8-3-2-7(14)6-10(8)15/h2-6,11,16H,1H3. The number of furan rings is 1. The van der Waals surface area contributed by atoms with E-state index in [0.29, 0.717) is 10.2 Å². The predicted molar refractivity (Wildman–Crippen MR) is 63.7 cm³/mol. The van der Waals surface area contributed by atoms with E-state index in [2.05, 4.69) is 21.2 Å². The van der Waals surface area contributed by atoms with Crippen LogP contribution in [0.2, 0.25) is 0 Å². The average molecular weight is 302 g/mol. The summed E-state index contributed by atoms with van der Waals surface area (Å²) in [4.78, 5) is 0. The van der Waals surface area contributed by atoms with Gasteiger partial charge in [-0.05, 0) is 35.1 Å². The molecule has 2 rings (SSSR count). The monoisotopic (exact) mass is 301 g/mol. The lowest BCUT2D eigenvalue weighted by molar-refractivity contribution is 0.522. The molecule has 0 aliphatic rings. The molecule has 0 aliphatic carbocycles. The fourth-order valence-electron chi connectivity index (χ4n) is 1.72. The summed E-state index contributed by atoms with van der Waals surface area (Å²) < 4.78 is 32.2. The van der Waals surface area contributed by atoms with Crippen LogP contribution in [0.1, 0.15) is 17.2 Å². The Hall–Kier alpha value is -1.20. The van der Waals surface area contributed by atoms with Crippen LogP contribution in [0.4, 0.5) is 8.78 Å². The number of halogens is 3. The Morgan fingerprint density at radius 2 is 2.00 bits per heavy atom. The molecule has 1 atom stereocenters. The molecule has 2 aromatic rings. The molecule has 1 aromatic carbocycles. The molecule has 1 N–H and O–H groups in total. The minimum Gasteiger partial charge on any atom is -0.457 e. The van der Waals surface area contributed by atoms with E-state index in [1.54, 1.807) is 13.1 Å². The Morgan fingerprint density at radius 1 is 1.24 bits per heavy atom. The lowest BCUT2D eigenvalue weighted by atomic mass is 10.0. The van der Waals surface area contributed by atoms with Crippen molar-refractivity contribution in [1.29, 1.82) is 0 Å². The molecule has 0 aliphatic heterocycles. The first-order valence-electron chi connectivity index (χ1n) is 4.98. The molecule has 1 heterocycles. The van der Waals surface area contributed by atoms with E-state index in [1.807, 2.05) is 0 Å². The van der Waals surface area contributed by atoms with Crippen molar-refractivity contribution in [3.8, 4) is 0 Å². The third-order valence-electron chi connectivity index (χ3n) is 2.52. The van der Waals surface area contributed by atoms with E-state index in [1.165, 1.54) is 18.4 Å². The molecule has 0 saturated carbocycles. The topological polar surface area (TPSA) is 25.2 Å². The predicted octanol–water partition coefficient (Wildman–Crippen LogP) is 3.63. The van der Waals surface area contributed by atoms with E-state index in [-0.39, 0.29) is 6.04 Å². The van der Waals surface area contributed by atoms with E-state index in [0.717, 1.165) is 11.6 Å². The van der Waals surface area contributed by atoms with Gasteiger partial charge in [-0.3, -0.25) is 0 Å². The molecule has 0 fully saturated rings. The average Bonchev–Trinajstić information content (AvgIpc) is 2.69. The van der Waals surface area contributed by atoms with Crippen molar-refractivity contribution in [3.63, 3.8) is 0 Å². The highest BCUT2D eigenvalue weighted by Crippen LogP contribution is 2.30. The van der Waals surface area contributed by atoms with Crippen LogP contribution >= 0.6 is 15.9 Å². The van der Waals surface area contributed by atoms with Gasteiger partial charge in [0.15, 0.2) is 4.67 Å². The van der Waals surface area contributed by atoms with Gasteiger partial charge < -0.3 is 9.73 Å². The van der Waals surface area contributed by atoms with E-state index >= 15 is 0 Å². The molecule has 1 unspecified atom stereocenters. The van der Waals surface area contributed by atoms with Gasteiger partial charge in [-0.1, -0.05) is 6.07 Å². The zero-order chi connectivity index (χ0) is 12.4. The molecule has 17 heavy (non-hydrogen) atoms. The summed E-state index contributed by atoms with van der Waals surface area (Å²) in [5, 5.41) is 2.97. The maximum Gasteiger partial charge on any atom is 0.174 e. The molecule has 2 nitrogen and oxygen atoms in total. The zero-order valence-corrected chi connectivity index (χ0v) is 10.6. The minimum atomic E-state index is -0.590. The molecule has 90 valence electrons. The zero-order valence-electron chi connectivity index (χ0n) is 9.01. The quantitative estimate of drug-likeness (QED) is 0.936. The Bertz CT molecular complexity index is 527. The highest BCUT2D eigenvalue weighted by atomic mass is 79.9. The van der Waals surface area contributed by atoms with Gasteiger partial charge in [-0.25, -0.2) is 8.78 Å². The maximum absolute atomic E-state index is 13.7. The summed E-state index contributed by atoms with van der Waals surface area (Å²) >= 11 is 3.24. The largest absolute Gasteiger partial charge is 0.457 e. The Balaban J connectivity index is 2.46. The van der Waals surface area contributed by atoms with Crippen LogP contribution in [-0.2, 0) is 0 Å². The fourth-order valence-corrected chi connectivity index (χ4v) is 2.19. The lowest BCUT2D eigenvalue weighted by Crippen LogP contribution is -2.18. The van der Waals surface area contributed by atoms with Crippen molar-refractivity contribution in [2.75, 3.05) is 7.05 Å². The van der Waals surface area contributed by atoms with Crippen LogP contribution in [0.5, 0.6) is 0 Å². The normalized spacial score (nSPS) is 12.7. The van der Waals surface area contributed by atoms with Gasteiger partial charge in [-0.15, -0.1) is 0 Å². The van der Waals surface area contributed by atoms with Crippen molar-refractivity contribution in [3.05, 3.63) is 58.0 Å². The van der Waals surface area contributed by atoms with Gasteiger partial charge >= 0.3 is 0 Å². The van der Waals surface area contributed by atoms with E-state index in [9.17, 15) is 8.78 Å². The van der Waals surface area contributed by atoms with Gasteiger partial charge in [-0.2, -0.15) is 0 Å². The van der Waals surface area contributed by atoms with Crippen molar-refractivity contribution >= 4 is 15.9 Å². The molecule has 0 radical (unpaired) electrons. The van der Waals surface area contributed by atoms with Crippen LogP contribution in [0.15, 0.2) is 39.6 Å². The molecule has 0 saturated heterocycles. The first-order valence-corrected chi connectivity index (χ1v) is 5.78. The molecule has 5 heteroatoms. The first kappa shape index (κ1) is 12.3. The third-order valence-corrected chi connectivity index (χ3v) is 3.16. The second kappa shape index (κ2) is 4.98. The SMILES string of the molecule is CNC(c1ccc(F)cc1F)c1ccoc1Br. The molecule has 0 amide bonds. The van der Waals surface area contributed by atoms with Gasteiger partial charge in [0.1, 0.15) is 11.6 Å². The van der Waals surface area contributed by atoms with E-state index < -0.39 is 11.6 Å². The van der Waals surface area contributed by atoms with E-state index in [4.69, 9.17) is 4.42 Å². The van der Waals surface area contributed by atoms with Gasteiger partial charge in [0.25, 0.3) is 0 Å². The second-order valence-corrected chi connectivity index (χ2v) is 4.26. The summed E-state index contributed by atoms with van der Waals surface area (Å²) in [5.74, 6) is -1.18. The molecule has 0 bridgehead atoms. The fraction of sp³-hybridized carbons (Fsp3) is 0.167. The number of nitrogens with one attached hydrogen (secondary N) is 1. The summed E-state index contributed by atoms with van der Waals surface area (Å²) in [6.45, 7) is 0. The second-order valence-electron chi connectivity index (χ2n) is 3.54. The number of hydrogen-bond donors (Lipinski definition) is 1.